The molecule has 0 unspecified atom stereocenters. The van der Waals surface area contributed by atoms with Gasteiger partial charge >= 0.3 is 0 Å². The zero-order valence-corrected chi connectivity index (χ0v) is 15.1. The first kappa shape index (κ1) is 17.8. The molecular weight excluding hydrogens is 362 g/mol. The first-order valence-electron chi connectivity index (χ1n) is 7.86. The molecule has 0 bridgehead atoms. The van der Waals surface area contributed by atoms with Crippen LogP contribution < -0.4 is 5.32 Å². The molecule has 25 heavy (non-hydrogen) atoms. The highest BCUT2D eigenvalue weighted by atomic mass is 35.5. The molecule has 1 aromatic heterocycles. The van der Waals surface area contributed by atoms with Crippen LogP contribution in [0.2, 0.25) is 5.02 Å². The number of hydrogen-bond donors (Lipinski definition) is 1. The van der Waals surface area contributed by atoms with Gasteiger partial charge in [0.15, 0.2) is 9.84 Å². The summed E-state index contributed by atoms with van der Waals surface area (Å²) >= 11 is 5.81. The summed E-state index contributed by atoms with van der Waals surface area (Å²) in [4.78, 5) is 18.5. The van der Waals surface area contributed by atoms with Crippen LogP contribution in [0.15, 0.2) is 42.6 Å². The smallest absolute Gasteiger partial charge is 0.256 e. The fourth-order valence-corrected chi connectivity index (χ4v) is 3.95. The van der Waals surface area contributed by atoms with Gasteiger partial charge in [-0.1, -0.05) is 17.7 Å². The van der Waals surface area contributed by atoms with Crippen molar-refractivity contribution < 1.29 is 13.2 Å². The lowest BCUT2D eigenvalue weighted by molar-refractivity contribution is 0.102. The standard InChI is InChI=1S/C17H18ClN3O3S/c18-15-4-2-14(3-5-15)17(22)20-16-6-1-13(11-19-16)12-21-7-9-25(23,24)10-8-21/h1-6,11H,7-10,12H2,(H,19,20,22). The number of nitrogens with one attached hydrogen (secondary N) is 1. The predicted octanol–water partition coefficient (Wildman–Crippen LogP) is 2.22. The fourth-order valence-electron chi connectivity index (χ4n) is 2.55. The average molecular weight is 380 g/mol. The first-order valence-corrected chi connectivity index (χ1v) is 10.1. The number of anilines is 1. The molecule has 1 fully saturated rings. The molecule has 1 N–H and O–H groups in total. The van der Waals surface area contributed by atoms with Gasteiger partial charge in [-0.25, -0.2) is 13.4 Å². The van der Waals surface area contributed by atoms with Gasteiger partial charge in [-0.2, -0.15) is 0 Å². The van der Waals surface area contributed by atoms with Crippen molar-refractivity contribution in [3.8, 4) is 0 Å². The van der Waals surface area contributed by atoms with E-state index in [0.717, 1.165) is 5.56 Å². The Morgan fingerprint density at radius 3 is 2.40 bits per heavy atom. The predicted molar refractivity (Wildman–Crippen MR) is 97.6 cm³/mol. The fraction of sp³-hybridized carbons (Fsp3) is 0.294. The summed E-state index contributed by atoms with van der Waals surface area (Å²) in [6.07, 6.45) is 1.70. The Kier molecular flexibility index (Phi) is 5.36. The van der Waals surface area contributed by atoms with Crippen molar-refractivity contribution in [3.05, 3.63) is 58.7 Å². The van der Waals surface area contributed by atoms with Crippen LogP contribution in [-0.2, 0) is 16.4 Å². The van der Waals surface area contributed by atoms with E-state index in [1.54, 1.807) is 36.5 Å². The van der Waals surface area contributed by atoms with E-state index in [0.29, 0.717) is 36.0 Å². The third-order valence-corrected chi connectivity index (χ3v) is 5.88. The summed E-state index contributed by atoms with van der Waals surface area (Å²) in [5.41, 5.74) is 1.48. The Balaban J connectivity index is 1.57. The van der Waals surface area contributed by atoms with E-state index in [-0.39, 0.29) is 17.4 Å². The number of sulfone groups is 1. The largest absolute Gasteiger partial charge is 0.307 e. The number of hydrogen-bond acceptors (Lipinski definition) is 5. The second kappa shape index (κ2) is 7.51. The molecule has 2 heterocycles. The van der Waals surface area contributed by atoms with Crippen molar-refractivity contribution >= 4 is 33.2 Å². The Labute approximate surface area is 151 Å². The number of benzene rings is 1. The lowest BCUT2D eigenvalue weighted by Crippen LogP contribution is -2.39. The second-order valence-electron chi connectivity index (χ2n) is 5.94. The van der Waals surface area contributed by atoms with Crippen LogP contribution in [-0.4, -0.2) is 48.8 Å². The zero-order valence-electron chi connectivity index (χ0n) is 13.5. The van der Waals surface area contributed by atoms with Gasteiger partial charge in [0.25, 0.3) is 5.91 Å². The summed E-state index contributed by atoms with van der Waals surface area (Å²) < 4.78 is 22.9. The number of nitrogens with zero attached hydrogens (tertiary/aromatic N) is 2. The third-order valence-electron chi connectivity index (χ3n) is 4.02. The summed E-state index contributed by atoms with van der Waals surface area (Å²) in [6.45, 7) is 1.72. The molecule has 1 aliphatic rings. The molecule has 6 nitrogen and oxygen atoms in total. The van der Waals surface area contributed by atoms with Gasteiger partial charge in [-0.3, -0.25) is 9.69 Å². The number of carbonyl (C=O) groups is 1. The summed E-state index contributed by atoms with van der Waals surface area (Å²) in [5.74, 6) is 0.619. The highest BCUT2D eigenvalue weighted by molar-refractivity contribution is 7.91. The first-order chi connectivity index (χ1) is 11.9. The second-order valence-corrected chi connectivity index (χ2v) is 8.68. The van der Waals surface area contributed by atoms with E-state index in [4.69, 9.17) is 11.6 Å². The maximum Gasteiger partial charge on any atom is 0.256 e. The van der Waals surface area contributed by atoms with Crippen molar-refractivity contribution in [2.75, 3.05) is 29.9 Å². The van der Waals surface area contributed by atoms with Gasteiger partial charge < -0.3 is 5.32 Å². The molecule has 0 aliphatic carbocycles. The molecule has 8 heteroatoms. The van der Waals surface area contributed by atoms with Crippen LogP contribution in [0, 0.1) is 0 Å². The number of carbonyl (C=O) groups excluding carboxylic acids is 1. The molecule has 0 atom stereocenters. The topological polar surface area (TPSA) is 79.4 Å². The van der Waals surface area contributed by atoms with Crippen LogP contribution in [0.25, 0.3) is 0 Å². The number of aromatic nitrogens is 1. The van der Waals surface area contributed by atoms with E-state index in [9.17, 15) is 13.2 Å². The minimum Gasteiger partial charge on any atom is -0.307 e. The Hall–Kier alpha value is -1.96. The Morgan fingerprint density at radius 1 is 1.12 bits per heavy atom. The van der Waals surface area contributed by atoms with Crippen molar-refractivity contribution in [1.29, 1.82) is 0 Å². The SMILES string of the molecule is O=C(Nc1ccc(CN2CCS(=O)(=O)CC2)cn1)c1ccc(Cl)cc1. The minimum absolute atomic E-state index is 0.204. The highest BCUT2D eigenvalue weighted by Crippen LogP contribution is 2.13. The van der Waals surface area contributed by atoms with Gasteiger partial charge in [0.05, 0.1) is 11.5 Å². The van der Waals surface area contributed by atoms with Crippen molar-refractivity contribution in [1.82, 2.24) is 9.88 Å². The number of pyridine rings is 1. The van der Waals surface area contributed by atoms with Crippen LogP contribution in [0.1, 0.15) is 15.9 Å². The lowest BCUT2D eigenvalue weighted by atomic mass is 10.2. The molecule has 0 spiro atoms. The number of amides is 1. The Bertz CT molecular complexity index is 838. The van der Waals surface area contributed by atoms with Gasteiger partial charge in [0.2, 0.25) is 0 Å². The van der Waals surface area contributed by atoms with Crippen molar-refractivity contribution in [2.45, 2.75) is 6.54 Å². The highest BCUT2D eigenvalue weighted by Gasteiger charge is 2.21. The molecule has 0 saturated carbocycles. The Morgan fingerprint density at radius 2 is 1.80 bits per heavy atom. The van der Waals surface area contributed by atoms with E-state index < -0.39 is 9.84 Å². The van der Waals surface area contributed by atoms with Crippen molar-refractivity contribution in [3.63, 3.8) is 0 Å². The molecule has 1 saturated heterocycles. The molecular formula is C17H18ClN3O3S. The number of rotatable bonds is 4. The maximum absolute atomic E-state index is 12.1. The monoisotopic (exact) mass is 379 g/mol. The van der Waals surface area contributed by atoms with Crippen LogP contribution in [0.4, 0.5) is 5.82 Å². The quantitative estimate of drug-likeness (QED) is 0.881. The van der Waals surface area contributed by atoms with Gasteiger partial charge in [-0.15, -0.1) is 0 Å². The molecule has 1 amide bonds. The normalized spacial score (nSPS) is 17.2. The molecule has 132 valence electrons. The van der Waals surface area contributed by atoms with Gasteiger partial charge in [0, 0.05) is 36.4 Å². The molecule has 2 aromatic rings. The van der Waals surface area contributed by atoms with E-state index in [2.05, 4.69) is 15.2 Å². The zero-order chi connectivity index (χ0) is 17.9. The van der Waals surface area contributed by atoms with Crippen LogP contribution >= 0.6 is 11.6 Å². The van der Waals surface area contributed by atoms with E-state index in [1.807, 2.05) is 6.07 Å². The molecule has 3 rings (SSSR count). The molecule has 1 aromatic carbocycles. The summed E-state index contributed by atoms with van der Waals surface area (Å²) in [7, 11) is -2.87. The molecule has 1 aliphatic heterocycles. The van der Waals surface area contributed by atoms with E-state index in [1.165, 1.54) is 0 Å². The average Bonchev–Trinajstić information content (AvgIpc) is 2.59. The summed E-state index contributed by atoms with van der Waals surface area (Å²) in [5, 5.41) is 3.31. The van der Waals surface area contributed by atoms with Crippen molar-refractivity contribution in [2.24, 2.45) is 0 Å². The lowest BCUT2D eigenvalue weighted by Gasteiger charge is -2.26. The number of halogens is 1. The maximum atomic E-state index is 12.1. The van der Waals surface area contributed by atoms with Crippen LogP contribution in [0.3, 0.4) is 0 Å². The minimum atomic E-state index is -2.87. The van der Waals surface area contributed by atoms with Gasteiger partial charge in [-0.05, 0) is 35.9 Å². The van der Waals surface area contributed by atoms with Crippen LogP contribution in [0.5, 0.6) is 0 Å². The van der Waals surface area contributed by atoms with Gasteiger partial charge in [0.1, 0.15) is 5.82 Å². The molecule has 0 radical (unpaired) electrons. The third kappa shape index (κ3) is 5.01. The summed E-state index contributed by atoms with van der Waals surface area (Å²) in [6, 6.07) is 10.2. The van der Waals surface area contributed by atoms with E-state index >= 15 is 0 Å².